The molecule has 1 aliphatic rings. The number of hydrogen-bond acceptors (Lipinski definition) is 3. The van der Waals surface area contributed by atoms with E-state index in [-0.39, 0.29) is 18.5 Å². The molecule has 0 spiro atoms. The summed E-state index contributed by atoms with van der Waals surface area (Å²) < 4.78 is 2.55. The highest BCUT2D eigenvalue weighted by Crippen LogP contribution is 2.24. The molecule has 6 heteroatoms. The second kappa shape index (κ2) is 10.3. The van der Waals surface area contributed by atoms with Crippen molar-refractivity contribution in [2.75, 3.05) is 6.54 Å². The SMILES string of the molecule is O=C(Cn1c(=O)ccn(Cc2ccccc2)c1=O)N(CCc1ccccc1)C1CCCC1. The van der Waals surface area contributed by atoms with Gasteiger partial charge >= 0.3 is 5.69 Å². The van der Waals surface area contributed by atoms with Crippen LogP contribution in [0.5, 0.6) is 0 Å². The van der Waals surface area contributed by atoms with Gasteiger partial charge in [-0.2, -0.15) is 0 Å². The van der Waals surface area contributed by atoms with Gasteiger partial charge in [-0.15, -0.1) is 0 Å². The molecule has 0 aliphatic heterocycles. The van der Waals surface area contributed by atoms with E-state index in [1.54, 1.807) is 0 Å². The fourth-order valence-corrected chi connectivity index (χ4v) is 4.45. The lowest BCUT2D eigenvalue weighted by atomic mass is 10.1. The summed E-state index contributed by atoms with van der Waals surface area (Å²) in [5.74, 6) is -0.163. The summed E-state index contributed by atoms with van der Waals surface area (Å²) in [5.41, 5.74) is 1.23. The summed E-state index contributed by atoms with van der Waals surface area (Å²) in [4.78, 5) is 40.7. The van der Waals surface area contributed by atoms with Crippen molar-refractivity contribution in [1.82, 2.24) is 14.0 Å². The van der Waals surface area contributed by atoms with Crippen molar-refractivity contribution >= 4 is 5.91 Å². The van der Waals surface area contributed by atoms with Crippen LogP contribution in [-0.2, 0) is 24.3 Å². The second-order valence-corrected chi connectivity index (χ2v) is 8.40. The van der Waals surface area contributed by atoms with Gasteiger partial charge in [0.1, 0.15) is 6.54 Å². The third-order valence-corrected chi connectivity index (χ3v) is 6.20. The van der Waals surface area contributed by atoms with Gasteiger partial charge in [-0.3, -0.25) is 18.7 Å². The van der Waals surface area contributed by atoms with Crippen LogP contribution >= 0.6 is 0 Å². The first-order valence-electron chi connectivity index (χ1n) is 11.3. The van der Waals surface area contributed by atoms with Gasteiger partial charge in [-0.1, -0.05) is 73.5 Å². The molecule has 6 nitrogen and oxygen atoms in total. The molecule has 0 bridgehead atoms. The van der Waals surface area contributed by atoms with Gasteiger partial charge in [0.15, 0.2) is 0 Å². The number of aromatic nitrogens is 2. The van der Waals surface area contributed by atoms with E-state index in [4.69, 9.17) is 0 Å². The maximum Gasteiger partial charge on any atom is 0.331 e. The Kier molecular flexibility index (Phi) is 7.00. The predicted octanol–water partition coefficient (Wildman–Crippen LogP) is 3.07. The zero-order valence-electron chi connectivity index (χ0n) is 18.2. The first kappa shape index (κ1) is 21.8. The quantitative estimate of drug-likeness (QED) is 0.551. The highest BCUT2D eigenvalue weighted by Gasteiger charge is 2.27. The maximum atomic E-state index is 13.3. The van der Waals surface area contributed by atoms with E-state index < -0.39 is 11.2 Å². The van der Waals surface area contributed by atoms with E-state index in [1.165, 1.54) is 22.4 Å². The first-order valence-corrected chi connectivity index (χ1v) is 11.3. The Hall–Kier alpha value is -3.41. The molecule has 0 saturated heterocycles. The van der Waals surface area contributed by atoms with Crippen LogP contribution in [0.3, 0.4) is 0 Å². The molecule has 2 aromatic carbocycles. The van der Waals surface area contributed by atoms with Crippen LogP contribution in [0, 0.1) is 0 Å². The van der Waals surface area contributed by atoms with Crippen LogP contribution in [0.25, 0.3) is 0 Å². The molecule has 1 heterocycles. The van der Waals surface area contributed by atoms with E-state index in [0.29, 0.717) is 13.1 Å². The normalized spacial score (nSPS) is 13.9. The van der Waals surface area contributed by atoms with Gasteiger partial charge in [-0.25, -0.2) is 4.79 Å². The Balaban J connectivity index is 1.53. The summed E-state index contributed by atoms with van der Waals surface area (Å²) in [6.45, 7) is 0.723. The van der Waals surface area contributed by atoms with Gasteiger partial charge in [-0.05, 0) is 30.4 Å². The second-order valence-electron chi connectivity index (χ2n) is 8.40. The molecule has 0 unspecified atom stereocenters. The monoisotopic (exact) mass is 431 g/mol. The number of nitrogens with zero attached hydrogens (tertiary/aromatic N) is 3. The lowest BCUT2D eigenvalue weighted by molar-refractivity contribution is -0.134. The summed E-state index contributed by atoms with van der Waals surface area (Å²) in [6.07, 6.45) is 6.42. The zero-order chi connectivity index (χ0) is 22.3. The number of carbonyl (C=O) groups is 1. The smallest absolute Gasteiger partial charge is 0.331 e. The van der Waals surface area contributed by atoms with Crippen LogP contribution in [0.1, 0.15) is 36.8 Å². The van der Waals surface area contributed by atoms with Gasteiger partial charge in [0.2, 0.25) is 5.91 Å². The summed E-state index contributed by atoms with van der Waals surface area (Å²) in [5, 5.41) is 0. The minimum Gasteiger partial charge on any atom is -0.338 e. The van der Waals surface area contributed by atoms with Crippen molar-refractivity contribution in [3.05, 3.63) is 105 Å². The van der Waals surface area contributed by atoms with Crippen LogP contribution in [0.4, 0.5) is 0 Å². The van der Waals surface area contributed by atoms with Crippen molar-refractivity contribution in [3.63, 3.8) is 0 Å². The third-order valence-electron chi connectivity index (χ3n) is 6.20. The van der Waals surface area contributed by atoms with Crippen LogP contribution in [-0.4, -0.2) is 32.5 Å². The van der Waals surface area contributed by atoms with Gasteiger partial charge < -0.3 is 4.90 Å². The van der Waals surface area contributed by atoms with Crippen LogP contribution < -0.4 is 11.2 Å². The molecule has 0 radical (unpaired) electrons. The highest BCUT2D eigenvalue weighted by molar-refractivity contribution is 5.76. The maximum absolute atomic E-state index is 13.3. The van der Waals surface area contributed by atoms with E-state index in [0.717, 1.165) is 42.2 Å². The molecule has 0 atom stereocenters. The Morgan fingerprint density at radius 3 is 2.16 bits per heavy atom. The summed E-state index contributed by atoms with van der Waals surface area (Å²) in [7, 11) is 0. The highest BCUT2D eigenvalue weighted by atomic mass is 16.2. The molecule has 4 rings (SSSR count). The fraction of sp³-hybridized carbons (Fsp3) is 0.346. The molecule has 166 valence electrons. The van der Waals surface area contributed by atoms with Crippen molar-refractivity contribution in [1.29, 1.82) is 0 Å². The molecule has 1 saturated carbocycles. The average molecular weight is 432 g/mol. The summed E-state index contributed by atoms with van der Waals surface area (Å²) in [6, 6.07) is 21.2. The van der Waals surface area contributed by atoms with E-state index >= 15 is 0 Å². The molecular weight excluding hydrogens is 402 g/mol. The molecule has 1 aliphatic carbocycles. The lowest BCUT2D eigenvalue weighted by Gasteiger charge is -2.29. The number of amides is 1. The molecule has 1 aromatic heterocycles. The lowest BCUT2D eigenvalue weighted by Crippen LogP contribution is -2.47. The molecule has 3 aromatic rings. The number of rotatable bonds is 8. The van der Waals surface area contributed by atoms with Crippen molar-refractivity contribution in [2.45, 2.75) is 51.2 Å². The van der Waals surface area contributed by atoms with Crippen molar-refractivity contribution < 1.29 is 4.79 Å². The molecular formula is C26H29N3O3. The topological polar surface area (TPSA) is 64.3 Å². The first-order chi connectivity index (χ1) is 15.6. The van der Waals surface area contributed by atoms with Gasteiger partial charge in [0.25, 0.3) is 5.56 Å². The Morgan fingerprint density at radius 1 is 0.875 bits per heavy atom. The molecule has 0 N–H and O–H groups in total. The van der Waals surface area contributed by atoms with Gasteiger partial charge in [0, 0.05) is 24.8 Å². The predicted molar refractivity (Wildman–Crippen MR) is 125 cm³/mol. The van der Waals surface area contributed by atoms with E-state index in [2.05, 4.69) is 12.1 Å². The third kappa shape index (κ3) is 5.25. The van der Waals surface area contributed by atoms with Gasteiger partial charge in [0.05, 0.1) is 6.54 Å². The van der Waals surface area contributed by atoms with Crippen molar-refractivity contribution in [2.24, 2.45) is 0 Å². The fourth-order valence-electron chi connectivity index (χ4n) is 4.45. The Morgan fingerprint density at radius 2 is 1.50 bits per heavy atom. The zero-order valence-corrected chi connectivity index (χ0v) is 18.2. The number of carbonyl (C=O) groups excluding carboxylic acids is 1. The average Bonchev–Trinajstić information content (AvgIpc) is 3.35. The summed E-state index contributed by atoms with van der Waals surface area (Å²) >= 11 is 0. The van der Waals surface area contributed by atoms with Crippen molar-refractivity contribution in [3.8, 4) is 0 Å². The van der Waals surface area contributed by atoms with Crippen LogP contribution in [0.15, 0.2) is 82.5 Å². The Labute approximate surface area is 187 Å². The minimum atomic E-state index is -0.455. The number of benzene rings is 2. The minimum absolute atomic E-state index is 0.163. The largest absolute Gasteiger partial charge is 0.338 e. The molecule has 32 heavy (non-hydrogen) atoms. The Bertz CT molecular complexity index is 1150. The molecule has 1 amide bonds. The standard InChI is InChI=1S/C26H29N3O3/c30-24-16-17-27(19-22-11-5-2-6-12-22)26(32)29(24)20-25(31)28(23-13-7-8-14-23)18-15-21-9-3-1-4-10-21/h1-6,9-12,16-17,23H,7-8,13-15,18-20H2. The molecule has 1 fully saturated rings. The van der Waals surface area contributed by atoms with E-state index in [9.17, 15) is 14.4 Å². The van der Waals surface area contributed by atoms with E-state index in [1.807, 2.05) is 53.4 Å². The number of hydrogen-bond donors (Lipinski definition) is 0. The van der Waals surface area contributed by atoms with Crippen LogP contribution in [0.2, 0.25) is 0 Å².